The molecule has 1 aromatic carbocycles. The van der Waals surface area contributed by atoms with Crippen LogP contribution in [0.1, 0.15) is 11.1 Å². The minimum Gasteiger partial charge on any atom is -0.378 e. The molecule has 5 N–H and O–H groups in total. The van der Waals surface area contributed by atoms with Gasteiger partial charge in [-0.2, -0.15) is 0 Å². The topological polar surface area (TPSA) is 152 Å². The molecule has 1 saturated heterocycles. The lowest BCUT2D eigenvalue weighted by Gasteiger charge is -2.28. The van der Waals surface area contributed by atoms with E-state index >= 15 is 0 Å². The molecule has 4 aromatic rings. The summed E-state index contributed by atoms with van der Waals surface area (Å²) in [6, 6.07) is 8.18. The molecule has 1 aliphatic rings. The number of benzene rings is 1. The molecular formula is C26H30N10O2. The number of hydrogen-bond donors (Lipinski definition) is 4. The Hall–Kier alpha value is -4.39. The Morgan fingerprint density at radius 2 is 1.87 bits per heavy atom. The molecule has 0 amide bonds. The minimum absolute atomic E-state index is 0.204. The second-order valence-electron chi connectivity index (χ2n) is 8.80. The van der Waals surface area contributed by atoms with Crippen molar-refractivity contribution in [1.82, 2.24) is 40.3 Å². The second-order valence-corrected chi connectivity index (χ2v) is 8.80. The molecule has 0 atom stereocenters. The molecular weight excluding hydrogens is 484 g/mol. The van der Waals surface area contributed by atoms with Crippen molar-refractivity contribution in [3.63, 3.8) is 0 Å². The maximum atomic E-state index is 8.81. The highest BCUT2D eigenvalue weighted by molar-refractivity contribution is 5.85. The Bertz CT molecular complexity index is 1410. The van der Waals surface area contributed by atoms with Crippen LogP contribution in [-0.2, 0) is 17.8 Å². The highest BCUT2D eigenvalue weighted by Gasteiger charge is 2.21. The van der Waals surface area contributed by atoms with E-state index in [4.69, 9.17) is 25.6 Å². The molecule has 0 aliphatic carbocycles. The van der Waals surface area contributed by atoms with Crippen LogP contribution >= 0.6 is 0 Å². The molecule has 0 saturated carbocycles. The van der Waals surface area contributed by atoms with E-state index in [1.165, 1.54) is 5.56 Å². The van der Waals surface area contributed by atoms with Gasteiger partial charge >= 0.3 is 0 Å². The van der Waals surface area contributed by atoms with E-state index in [2.05, 4.69) is 43.9 Å². The van der Waals surface area contributed by atoms with Crippen molar-refractivity contribution in [2.45, 2.75) is 13.1 Å². The number of aromatic nitrogens is 6. The van der Waals surface area contributed by atoms with Crippen molar-refractivity contribution < 1.29 is 9.94 Å². The van der Waals surface area contributed by atoms with Gasteiger partial charge in [0.05, 0.1) is 30.8 Å². The predicted molar refractivity (Wildman–Crippen MR) is 145 cm³/mol. The summed E-state index contributed by atoms with van der Waals surface area (Å²) in [6.07, 6.45) is 8.67. The van der Waals surface area contributed by atoms with Crippen LogP contribution in [0.25, 0.3) is 28.6 Å². The quantitative estimate of drug-likeness (QED) is 0.140. The highest BCUT2D eigenvalue weighted by atomic mass is 16.5. The maximum Gasteiger partial charge on any atom is 0.219 e. The number of anilines is 2. The van der Waals surface area contributed by atoms with E-state index in [-0.39, 0.29) is 5.95 Å². The first-order chi connectivity index (χ1) is 18.6. The Balaban J connectivity index is 1.29. The summed E-state index contributed by atoms with van der Waals surface area (Å²) in [5, 5.41) is 12.3. The van der Waals surface area contributed by atoms with E-state index in [0.29, 0.717) is 36.8 Å². The zero-order valence-electron chi connectivity index (χ0n) is 20.9. The summed E-state index contributed by atoms with van der Waals surface area (Å²) in [5.41, 5.74) is 12.5. The van der Waals surface area contributed by atoms with Crippen LogP contribution in [-0.4, -0.2) is 67.5 Å². The standard InChI is InChI=1S/C26H30N10O2/c1-18(34-37)2-3-19-4-6-20(7-5-19)14-28-8-9-36-17-31-22-24(35-10-12-38-13-11-35)32-23(33-25(22)36)21-15-29-26(27)30-16-21/h2-7,15-17,28,34,37H,1,8-14H2,(H2,27,29,30)/b3-2+. The van der Waals surface area contributed by atoms with Gasteiger partial charge < -0.3 is 25.3 Å². The number of allylic oxidation sites excluding steroid dienone is 1. The molecule has 0 radical (unpaired) electrons. The van der Waals surface area contributed by atoms with Gasteiger partial charge in [0.2, 0.25) is 5.95 Å². The minimum atomic E-state index is 0.204. The zero-order valence-corrected chi connectivity index (χ0v) is 20.9. The van der Waals surface area contributed by atoms with Crippen molar-refractivity contribution in [1.29, 1.82) is 0 Å². The lowest BCUT2D eigenvalue weighted by atomic mass is 10.1. The van der Waals surface area contributed by atoms with Crippen LogP contribution in [0.4, 0.5) is 11.8 Å². The van der Waals surface area contributed by atoms with Gasteiger partial charge in [-0.05, 0) is 17.2 Å². The summed E-state index contributed by atoms with van der Waals surface area (Å²) >= 11 is 0. The zero-order chi connectivity index (χ0) is 26.3. The van der Waals surface area contributed by atoms with Crippen LogP contribution in [0.2, 0.25) is 0 Å². The molecule has 1 aliphatic heterocycles. The van der Waals surface area contributed by atoms with E-state index in [1.807, 2.05) is 34.6 Å². The van der Waals surface area contributed by atoms with Crippen LogP contribution in [0.5, 0.6) is 0 Å². The predicted octanol–water partition coefficient (Wildman–Crippen LogP) is 2.00. The van der Waals surface area contributed by atoms with Crippen molar-refractivity contribution >= 4 is 29.0 Å². The van der Waals surface area contributed by atoms with Crippen LogP contribution in [0.3, 0.4) is 0 Å². The van der Waals surface area contributed by atoms with Gasteiger partial charge in [0.15, 0.2) is 22.8 Å². The third kappa shape index (κ3) is 5.94. The fourth-order valence-electron chi connectivity index (χ4n) is 4.08. The van der Waals surface area contributed by atoms with Crippen molar-refractivity contribution in [3.05, 3.63) is 72.5 Å². The smallest absolute Gasteiger partial charge is 0.219 e. The number of nitrogens with two attached hydrogens (primary N) is 1. The fraction of sp³-hybridized carbons (Fsp3) is 0.269. The third-order valence-corrected chi connectivity index (χ3v) is 6.15. The van der Waals surface area contributed by atoms with Crippen molar-refractivity contribution in [2.75, 3.05) is 43.5 Å². The van der Waals surface area contributed by atoms with Crippen molar-refractivity contribution in [3.8, 4) is 11.4 Å². The average molecular weight is 515 g/mol. The molecule has 12 heteroatoms. The third-order valence-electron chi connectivity index (χ3n) is 6.15. The highest BCUT2D eigenvalue weighted by Crippen LogP contribution is 2.27. The number of nitrogens with one attached hydrogen (secondary N) is 2. The van der Waals surface area contributed by atoms with Crippen LogP contribution in [0.15, 0.2) is 61.3 Å². The molecule has 1 fully saturated rings. The van der Waals surface area contributed by atoms with Gasteiger partial charge in [-0.25, -0.2) is 24.9 Å². The Morgan fingerprint density at radius 1 is 1.11 bits per heavy atom. The number of nitrogen functional groups attached to an aromatic ring is 1. The summed E-state index contributed by atoms with van der Waals surface area (Å²) in [5.74, 6) is 1.51. The van der Waals surface area contributed by atoms with Gasteiger partial charge in [0.1, 0.15) is 0 Å². The molecule has 5 rings (SSSR count). The Kier molecular flexibility index (Phi) is 7.83. The number of ether oxygens (including phenoxy) is 1. The van der Waals surface area contributed by atoms with Crippen LogP contribution in [0, 0.1) is 0 Å². The largest absolute Gasteiger partial charge is 0.378 e. The maximum absolute atomic E-state index is 8.81. The van der Waals surface area contributed by atoms with Gasteiger partial charge in [0.25, 0.3) is 0 Å². The van der Waals surface area contributed by atoms with E-state index in [1.54, 1.807) is 18.5 Å². The summed E-state index contributed by atoms with van der Waals surface area (Å²) in [6.45, 7) is 8.55. The number of nitrogens with zero attached hydrogens (tertiary/aromatic N) is 7. The Labute approximate surface area is 219 Å². The van der Waals surface area contributed by atoms with Gasteiger partial charge in [-0.1, -0.05) is 36.9 Å². The number of morpholine rings is 1. The molecule has 12 nitrogen and oxygen atoms in total. The number of fused-ring (bicyclic) bond motifs is 1. The fourth-order valence-corrected chi connectivity index (χ4v) is 4.08. The molecule has 0 bridgehead atoms. The summed E-state index contributed by atoms with van der Waals surface area (Å²) in [7, 11) is 0. The normalized spacial score (nSPS) is 13.9. The molecule has 0 unspecified atom stereocenters. The molecule has 3 aromatic heterocycles. The number of hydrogen-bond acceptors (Lipinski definition) is 11. The van der Waals surface area contributed by atoms with Gasteiger partial charge in [-0.15, -0.1) is 0 Å². The second kappa shape index (κ2) is 11.8. The van der Waals surface area contributed by atoms with Gasteiger partial charge in [0, 0.05) is 45.1 Å². The molecule has 0 spiro atoms. The summed E-state index contributed by atoms with van der Waals surface area (Å²) < 4.78 is 7.56. The number of imidazole rings is 1. The first-order valence-electron chi connectivity index (χ1n) is 12.3. The Morgan fingerprint density at radius 3 is 2.61 bits per heavy atom. The SMILES string of the molecule is C=C(/C=C/c1ccc(CNCCn2cnc3c(N4CCOCC4)nc(-c4cnc(N)nc4)nc32)cc1)NO. The number of hydroxylamine groups is 1. The van der Waals surface area contributed by atoms with E-state index in [0.717, 1.165) is 48.7 Å². The van der Waals surface area contributed by atoms with E-state index in [9.17, 15) is 0 Å². The van der Waals surface area contributed by atoms with E-state index < -0.39 is 0 Å². The van der Waals surface area contributed by atoms with Gasteiger partial charge in [-0.3, -0.25) is 10.7 Å². The van der Waals surface area contributed by atoms with Crippen LogP contribution < -0.4 is 21.4 Å². The molecule has 196 valence electrons. The summed E-state index contributed by atoms with van der Waals surface area (Å²) in [4.78, 5) is 24.7. The molecule has 4 heterocycles. The lowest BCUT2D eigenvalue weighted by Crippen LogP contribution is -2.37. The average Bonchev–Trinajstić information content (AvgIpc) is 3.38. The molecule has 38 heavy (non-hydrogen) atoms. The van der Waals surface area contributed by atoms with Crippen molar-refractivity contribution in [2.24, 2.45) is 0 Å². The monoisotopic (exact) mass is 514 g/mol. The number of rotatable bonds is 10. The lowest BCUT2D eigenvalue weighted by molar-refractivity contribution is 0.122. The first kappa shape index (κ1) is 25.3. The first-order valence-corrected chi connectivity index (χ1v) is 12.3.